The van der Waals surface area contributed by atoms with Crippen molar-refractivity contribution in [2.45, 2.75) is 39.3 Å². The average Bonchev–Trinajstić information content (AvgIpc) is 2.46. The summed E-state index contributed by atoms with van der Waals surface area (Å²) in [7, 11) is 0. The van der Waals surface area contributed by atoms with Gasteiger partial charge in [0.05, 0.1) is 0 Å². The lowest BCUT2D eigenvalue weighted by Crippen LogP contribution is -2.32. The third-order valence-electron chi connectivity index (χ3n) is 3.15. The molecule has 1 amide bonds. The van der Waals surface area contributed by atoms with Crippen LogP contribution in [0.5, 0.6) is 0 Å². The van der Waals surface area contributed by atoms with Crippen LogP contribution in [0.1, 0.15) is 37.5 Å². The molecule has 1 N–H and O–H groups in total. The molecule has 4 heteroatoms. The van der Waals surface area contributed by atoms with Gasteiger partial charge in [0.25, 0.3) is 0 Å². The number of carbonyl (C=O) groups is 1. The van der Waals surface area contributed by atoms with Gasteiger partial charge in [-0.15, -0.1) is 0 Å². The number of alkyl carbamates (subject to hydrolysis) is 1. The molecule has 122 valence electrons. The van der Waals surface area contributed by atoms with Crippen LogP contribution in [-0.2, 0) is 17.7 Å². The third kappa shape index (κ3) is 6.45. The van der Waals surface area contributed by atoms with Gasteiger partial charge in [0, 0.05) is 11.0 Å². The van der Waals surface area contributed by atoms with Crippen LogP contribution in [0.3, 0.4) is 0 Å². The summed E-state index contributed by atoms with van der Waals surface area (Å²) in [6, 6.07) is 16.5. The highest BCUT2D eigenvalue weighted by molar-refractivity contribution is 9.10. The van der Waals surface area contributed by atoms with Crippen LogP contribution in [0.15, 0.2) is 53.0 Å². The molecule has 0 bridgehead atoms. The lowest BCUT2D eigenvalue weighted by Gasteiger charge is -2.19. The molecule has 0 aliphatic rings. The van der Waals surface area contributed by atoms with Gasteiger partial charge in [0.2, 0.25) is 0 Å². The molecular formula is C19H22BrNO2. The third-order valence-corrected chi connectivity index (χ3v) is 3.68. The number of nitrogens with one attached hydrogen (secondary N) is 1. The van der Waals surface area contributed by atoms with E-state index in [4.69, 9.17) is 4.74 Å². The summed E-state index contributed by atoms with van der Waals surface area (Å²) in [6.45, 7) is 6.02. The van der Waals surface area contributed by atoms with E-state index in [-0.39, 0.29) is 0 Å². The molecule has 0 atom stereocenters. The minimum absolute atomic E-state index is 0.393. The van der Waals surface area contributed by atoms with Gasteiger partial charge in [0.15, 0.2) is 0 Å². The Morgan fingerprint density at radius 1 is 1.04 bits per heavy atom. The Bertz CT molecular complexity index is 660. The number of amides is 1. The minimum Gasteiger partial charge on any atom is -0.444 e. The first-order valence-electron chi connectivity index (χ1n) is 7.61. The van der Waals surface area contributed by atoms with Gasteiger partial charge in [-0.05, 0) is 56.0 Å². The second kappa shape index (κ2) is 7.64. The summed E-state index contributed by atoms with van der Waals surface area (Å²) in [5.74, 6) is 0. The van der Waals surface area contributed by atoms with E-state index < -0.39 is 11.7 Å². The maximum atomic E-state index is 11.7. The summed E-state index contributed by atoms with van der Waals surface area (Å²) in [4.78, 5) is 11.7. The van der Waals surface area contributed by atoms with E-state index in [1.807, 2.05) is 45.0 Å². The van der Waals surface area contributed by atoms with E-state index in [9.17, 15) is 4.79 Å². The first-order chi connectivity index (χ1) is 10.8. The van der Waals surface area contributed by atoms with Crippen molar-refractivity contribution in [3.8, 4) is 0 Å². The van der Waals surface area contributed by atoms with Crippen molar-refractivity contribution in [2.24, 2.45) is 0 Å². The van der Waals surface area contributed by atoms with Crippen molar-refractivity contribution in [1.82, 2.24) is 5.32 Å². The summed E-state index contributed by atoms with van der Waals surface area (Å²) in [5.41, 5.74) is 3.06. The molecule has 0 radical (unpaired) electrons. The second-order valence-electron chi connectivity index (χ2n) is 6.48. The zero-order chi connectivity index (χ0) is 16.9. The molecule has 2 rings (SSSR count). The highest BCUT2D eigenvalue weighted by Gasteiger charge is 2.15. The molecule has 0 aliphatic carbocycles. The van der Waals surface area contributed by atoms with Crippen LogP contribution in [0.2, 0.25) is 0 Å². The normalized spacial score (nSPS) is 11.1. The highest BCUT2D eigenvalue weighted by atomic mass is 79.9. The van der Waals surface area contributed by atoms with Crippen LogP contribution >= 0.6 is 15.9 Å². The quantitative estimate of drug-likeness (QED) is 0.810. The van der Waals surface area contributed by atoms with Crippen molar-refractivity contribution < 1.29 is 9.53 Å². The van der Waals surface area contributed by atoms with Gasteiger partial charge in [0.1, 0.15) is 5.60 Å². The number of rotatable bonds is 4. The van der Waals surface area contributed by atoms with Gasteiger partial charge in [-0.1, -0.05) is 52.3 Å². The molecule has 0 fully saturated rings. The Labute approximate surface area is 146 Å². The molecule has 2 aromatic rings. The number of carbonyl (C=O) groups excluding carboxylic acids is 1. The second-order valence-corrected chi connectivity index (χ2v) is 7.39. The smallest absolute Gasteiger partial charge is 0.407 e. The van der Waals surface area contributed by atoms with E-state index >= 15 is 0 Å². The van der Waals surface area contributed by atoms with Crippen molar-refractivity contribution in [1.29, 1.82) is 0 Å². The molecule has 0 spiro atoms. The summed E-state index contributed by atoms with van der Waals surface area (Å²) in [6.07, 6.45) is 0.476. The molecule has 3 nitrogen and oxygen atoms in total. The number of benzene rings is 2. The molecule has 0 heterocycles. The van der Waals surface area contributed by atoms with Crippen molar-refractivity contribution >= 4 is 22.0 Å². The topological polar surface area (TPSA) is 38.3 Å². The molecule has 0 saturated carbocycles. The molecule has 2 aromatic carbocycles. The minimum atomic E-state index is -0.479. The summed E-state index contributed by atoms with van der Waals surface area (Å²) in [5, 5.41) is 2.79. The van der Waals surface area contributed by atoms with Crippen LogP contribution in [0.25, 0.3) is 0 Å². The van der Waals surface area contributed by atoms with Crippen LogP contribution < -0.4 is 5.32 Å². The number of hydrogen-bond donors (Lipinski definition) is 1. The Morgan fingerprint density at radius 2 is 1.70 bits per heavy atom. The van der Waals surface area contributed by atoms with Crippen LogP contribution in [0, 0.1) is 0 Å². The SMILES string of the molecule is CC(C)(C)OC(=O)NCc1cccc(Cc2ccc(Br)cc2)c1. The van der Waals surface area contributed by atoms with Crippen LogP contribution in [0.4, 0.5) is 4.79 Å². The van der Waals surface area contributed by atoms with Crippen molar-refractivity contribution in [3.05, 3.63) is 69.7 Å². The fraction of sp³-hybridized carbons (Fsp3) is 0.316. The van der Waals surface area contributed by atoms with Gasteiger partial charge in [-0.25, -0.2) is 4.79 Å². The standard InChI is InChI=1S/C19H22BrNO2/c1-19(2,3)23-18(22)21-13-16-6-4-5-15(12-16)11-14-7-9-17(20)10-8-14/h4-10,12H,11,13H2,1-3H3,(H,21,22). The van der Waals surface area contributed by atoms with E-state index in [1.54, 1.807) is 0 Å². The fourth-order valence-corrected chi connectivity index (χ4v) is 2.44. The Morgan fingerprint density at radius 3 is 2.35 bits per heavy atom. The summed E-state index contributed by atoms with van der Waals surface area (Å²) >= 11 is 3.45. The lowest BCUT2D eigenvalue weighted by atomic mass is 10.0. The van der Waals surface area contributed by atoms with Gasteiger partial charge >= 0.3 is 6.09 Å². The van der Waals surface area contributed by atoms with E-state index in [0.717, 1.165) is 16.5 Å². The fourth-order valence-electron chi connectivity index (χ4n) is 2.18. The zero-order valence-corrected chi connectivity index (χ0v) is 15.3. The molecule has 23 heavy (non-hydrogen) atoms. The average molecular weight is 376 g/mol. The lowest BCUT2D eigenvalue weighted by molar-refractivity contribution is 0.0523. The van der Waals surface area contributed by atoms with Gasteiger partial charge in [-0.3, -0.25) is 0 Å². The molecular weight excluding hydrogens is 354 g/mol. The van der Waals surface area contributed by atoms with Gasteiger partial charge in [-0.2, -0.15) is 0 Å². The maximum absolute atomic E-state index is 11.7. The molecule has 0 aromatic heterocycles. The predicted octanol–water partition coefficient (Wildman–Crippen LogP) is 5.06. The number of halogens is 1. The monoisotopic (exact) mass is 375 g/mol. The van der Waals surface area contributed by atoms with E-state index in [2.05, 4.69) is 45.5 Å². The molecule has 0 saturated heterocycles. The van der Waals surface area contributed by atoms with Crippen LogP contribution in [-0.4, -0.2) is 11.7 Å². The first kappa shape index (κ1) is 17.5. The maximum Gasteiger partial charge on any atom is 0.407 e. The first-order valence-corrected chi connectivity index (χ1v) is 8.40. The Hall–Kier alpha value is -1.81. The zero-order valence-electron chi connectivity index (χ0n) is 13.7. The largest absolute Gasteiger partial charge is 0.444 e. The van der Waals surface area contributed by atoms with Gasteiger partial charge < -0.3 is 10.1 Å². The number of ether oxygens (including phenoxy) is 1. The molecule has 0 unspecified atom stereocenters. The van der Waals surface area contributed by atoms with E-state index in [0.29, 0.717) is 6.54 Å². The molecule has 0 aliphatic heterocycles. The van der Waals surface area contributed by atoms with Crippen molar-refractivity contribution in [2.75, 3.05) is 0 Å². The highest BCUT2D eigenvalue weighted by Crippen LogP contribution is 2.15. The number of hydrogen-bond acceptors (Lipinski definition) is 2. The summed E-state index contributed by atoms with van der Waals surface area (Å²) < 4.78 is 6.32. The Kier molecular flexibility index (Phi) is 5.83. The predicted molar refractivity (Wildman–Crippen MR) is 96.5 cm³/mol. The van der Waals surface area contributed by atoms with E-state index in [1.165, 1.54) is 11.1 Å². The van der Waals surface area contributed by atoms with Crippen molar-refractivity contribution in [3.63, 3.8) is 0 Å². The Balaban J connectivity index is 1.94.